The molecule has 1 atom stereocenters. The van der Waals surface area contributed by atoms with E-state index in [0.29, 0.717) is 28.6 Å². The van der Waals surface area contributed by atoms with Gasteiger partial charge in [0.15, 0.2) is 23.3 Å². The SMILES string of the molecule is COc1cnc2c(-c3nc4c(C)cc5c(c4s3)OC[C@H](COC(=O)Nc3cnc4c(c3)ncn4C)O5)cc(C)cc2n1. The lowest BCUT2D eigenvalue weighted by atomic mass is 10.1. The number of imidazole rings is 1. The van der Waals surface area contributed by atoms with E-state index in [0.717, 1.165) is 48.6 Å². The number of fused-ring (bicyclic) bond motifs is 5. The minimum atomic E-state index is -0.619. The summed E-state index contributed by atoms with van der Waals surface area (Å²) >= 11 is 1.51. The molecule has 7 rings (SSSR count). The van der Waals surface area contributed by atoms with Crippen molar-refractivity contribution >= 4 is 55.5 Å². The second-order valence-corrected chi connectivity index (χ2v) is 11.0. The van der Waals surface area contributed by atoms with Crippen molar-refractivity contribution in [3.63, 3.8) is 0 Å². The van der Waals surface area contributed by atoms with Crippen LogP contribution in [-0.4, -0.2) is 62.0 Å². The number of hydrogen-bond donors (Lipinski definition) is 1. The first-order valence-electron chi connectivity index (χ1n) is 13.1. The van der Waals surface area contributed by atoms with Crippen molar-refractivity contribution in [1.82, 2.24) is 29.5 Å². The molecular formula is C29H25N7O5S. The summed E-state index contributed by atoms with van der Waals surface area (Å²) in [4.78, 5) is 35.1. The molecule has 12 nitrogen and oxygen atoms in total. The van der Waals surface area contributed by atoms with Gasteiger partial charge in [-0.15, -0.1) is 11.3 Å². The number of aryl methyl sites for hydroxylation is 3. The van der Waals surface area contributed by atoms with Gasteiger partial charge in [0.1, 0.15) is 28.4 Å². The van der Waals surface area contributed by atoms with Crippen LogP contribution in [-0.2, 0) is 11.8 Å². The Balaban J connectivity index is 1.10. The Morgan fingerprint density at radius 3 is 2.83 bits per heavy atom. The number of ether oxygens (including phenoxy) is 4. The van der Waals surface area contributed by atoms with Crippen LogP contribution < -0.4 is 19.5 Å². The Morgan fingerprint density at radius 2 is 1.98 bits per heavy atom. The molecule has 212 valence electrons. The molecular weight excluding hydrogens is 558 g/mol. The fourth-order valence-electron chi connectivity index (χ4n) is 4.91. The number of carbonyl (C=O) groups excluding carboxylic acids is 1. The average Bonchev–Trinajstić information content (AvgIpc) is 3.59. The smallest absolute Gasteiger partial charge is 0.411 e. The number of rotatable bonds is 5. The Labute approximate surface area is 243 Å². The molecule has 0 spiro atoms. The number of pyridine rings is 1. The monoisotopic (exact) mass is 583 g/mol. The van der Waals surface area contributed by atoms with Gasteiger partial charge >= 0.3 is 6.09 Å². The molecule has 5 heterocycles. The van der Waals surface area contributed by atoms with E-state index in [1.807, 2.05) is 33.0 Å². The van der Waals surface area contributed by atoms with Gasteiger partial charge in [0.25, 0.3) is 0 Å². The predicted octanol–water partition coefficient (Wildman–Crippen LogP) is 5.20. The normalized spacial score (nSPS) is 14.4. The number of hydrogen-bond acceptors (Lipinski definition) is 11. The quantitative estimate of drug-likeness (QED) is 0.288. The molecule has 13 heteroatoms. The number of anilines is 1. The van der Waals surface area contributed by atoms with Gasteiger partial charge in [-0.1, -0.05) is 0 Å². The fraction of sp³-hybridized carbons (Fsp3) is 0.241. The van der Waals surface area contributed by atoms with Crippen molar-refractivity contribution in [1.29, 1.82) is 0 Å². The number of carbonyl (C=O) groups is 1. The lowest BCUT2D eigenvalue weighted by Crippen LogP contribution is -2.35. The van der Waals surface area contributed by atoms with Crippen LogP contribution in [0.15, 0.2) is 43.0 Å². The number of thiazole rings is 1. The molecule has 2 aromatic carbocycles. The van der Waals surface area contributed by atoms with Crippen LogP contribution in [0.25, 0.3) is 43.0 Å². The molecule has 0 saturated carbocycles. The fourth-order valence-corrected chi connectivity index (χ4v) is 6.06. The maximum absolute atomic E-state index is 12.5. The minimum absolute atomic E-state index is 0.00692. The Kier molecular flexibility index (Phi) is 6.23. The summed E-state index contributed by atoms with van der Waals surface area (Å²) < 4.78 is 25.7. The first-order valence-corrected chi connectivity index (χ1v) is 13.9. The molecule has 6 aromatic rings. The summed E-state index contributed by atoms with van der Waals surface area (Å²) in [6.45, 7) is 4.22. The van der Waals surface area contributed by atoms with Gasteiger partial charge in [0, 0.05) is 12.6 Å². The minimum Gasteiger partial charge on any atom is -0.484 e. The Morgan fingerprint density at radius 1 is 1.10 bits per heavy atom. The molecule has 1 aliphatic heterocycles. The second kappa shape index (κ2) is 10.1. The zero-order chi connectivity index (χ0) is 29.0. The van der Waals surface area contributed by atoms with Crippen molar-refractivity contribution in [2.24, 2.45) is 7.05 Å². The number of nitrogens with one attached hydrogen (secondary N) is 1. The van der Waals surface area contributed by atoms with E-state index in [9.17, 15) is 4.79 Å². The van der Waals surface area contributed by atoms with Crippen molar-refractivity contribution < 1.29 is 23.7 Å². The van der Waals surface area contributed by atoms with Gasteiger partial charge in [0.05, 0.1) is 48.1 Å². The third-order valence-electron chi connectivity index (χ3n) is 6.89. The zero-order valence-electron chi connectivity index (χ0n) is 23.2. The Hall–Kier alpha value is -5.04. The summed E-state index contributed by atoms with van der Waals surface area (Å²) in [5.74, 6) is 1.66. The molecule has 0 unspecified atom stereocenters. The average molecular weight is 584 g/mol. The first kappa shape index (κ1) is 25.9. The van der Waals surface area contributed by atoms with Gasteiger partial charge in [-0.3, -0.25) is 5.32 Å². The molecule has 0 radical (unpaired) electrons. The van der Waals surface area contributed by atoms with Crippen molar-refractivity contribution in [3.8, 4) is 28.0 Å². The number of aromatic nitrogens is 6. The number of nitrogens with zero attached hydrogens (tertiary/aromatic N) is 6. The highest BCUT2D eigenvalue weighted by Crippen LogP contribution is 2.46. The van der Waals surface area contributed by atoms with E-state index in [2.05, 4.69) is 31.3 Å². The molecule has 4 aromatic heterocycles. The van der Waals surface area contributed by atoms with Crippen LogP contribution in [0, 0.1) is 13.8 Å². The van der Waals surface area contributed by atoms with E-state index >= 15 is 0 Å². The number of benzene rings is 2. The molecule has 42 heavy (non-hydrogen) atoms. The molecule has 0 saturated heterocycles. The first-order chi connectivity index (χ1) is 20.4. The van der Waals surface area contributed by atoms with E-state index < -0.39 is 12.2 Å². The molecule has 1 aliphatic rings. The van der Waals surface area contributed by atoms with Crippen molar-refractivity contribution in [2.45, 2.75) is 20.0 Å². The van der Waals surface area contributed by atoms with Crippen LogP contribution in [0.4, 0.5) is 10.5 Å². The summed E-state index contributed by atoms with van der Waals surface area (Å²) in [7, 11) is 3.43. The van der Waals surface area contributed by atoms with E-state index in [1.54, 1.807) is 36.5 Å². The largest absolute Gasteiger partial charge is 0.484 e. The van der Waals surface area contributed by atoms with Crippen LogP contribution >= 0.6 is 11.3 Å². The molecule has 1 N–H and O–H groups in total. The Bertz CT molecular complexity index is 2020. The summed E-state index contributed by atoms with van der Waals surface area (Å²) in [5, 5.41) is 3.49. The molecule has 1 amide bonds. The summed E-state index contributed by atoms with van der Waals surface area (Å²) in [6.07, 6.45) is 3.73. The second-order valence-electron chi connectivity index (χ2n) is 10.0. The highest BCUT2D eigenvalue weighted by molar-refractivity contribution is 7.22. The predicted molar refractivity (Wildman–Crippen MR) is 158 cm³/mol. The lowest BCUT2D eigenvalue weighted by Gasteiger charge is -2.26. The standard InChI is InChI=1S/C29H25N7O5S/c1-14-5-18(24-19(6-14)34-22(38-4)10-30-24)28-35-23-15(2)7-21-25(26(23)42-28)39-11-17(41-21)12-40-29(37)33-16-8-20-27(31-9-16)36(3)13-32-20/h5-10,13,17H,11-12H2,1-4H3,(H,33,37)/t17-/m1/s1. The van der Waals surface area contributed by atoms with Gasteiger partial charge in [-0.05, 0) is 49.2 Å². The summed E-state index contributed by atoms with van der Waals surface area (Å²) in [6, 6.07) is 7.67. The van der Waals surface area contributed by atoms with Crippen molar-refractivity contribution in [2.75, 3.05) is 25.6 Å². The van der Waals surface area contributed by atoms with E-state index in [-0.39, 0.29) is 13.2 Å². The molecule has 0 bridgehead atoms. The number of amides is 1. The van der Waals surface area contributed by atoms with Crippen LogP contribution in [0.3, 0.4) is 0 Å². The topological polar surface area (TPSA) is 135 Å². The molecule has 0 fully saturated rings. The van der Waals surface area contributed by atoms with Gasteiger partial charge in [-0.2, -0.15) is 0 Å². The highest BCUT2D eigenvalue weighted by atomic mass is 32.1. The lowest BCUT2D eigenvalue weighted by molar-refractivity contribution is 0.0383. The van der Waals surface area contributed by atoms with Crippen LogP contribution in [0.1, 0.15) is 11.1 Å². The van der Waals surface area contributed by atoms with Crippen LogP contribution in [0.2, 0.25) is 0 Å². The summed E-state index contributed by atoms with van der Waals surface area (Å²) in [5.41, 5.74) is 7.07. The molecule has 0 aliphatic carbocycles. The van der Waals surface area contributed by atoms with E-state index in [4.69, 9.17) is 23.9 Å². The highest BCUT2D eigenvalue weighted by Gasteiger charge is 2.27. The van der Waals surface area contributed by atoms with Crippen molar-refractivity contribution in [3.05, 3.63) is 54.1 Å². The van der Waals surface area contributed by atoms with Gasteiger partial charge in [0.2, 0.25) is 5.88 Å². The third kappa shape index (κ3) is 4.57. The van der Waals surface area contributed by atoms with Gasteiger partial charge < -0.3 is 23.5 Å². The third-order valence-corrected chi connectivity index (χ3v) is 7.98. The maximum atomic E-state index is 12.5. The van der Waals surface area contributed by atoms with Gasteiger partial charge in [-0.25, -0.2) is 29.7 Å². The van der Waals surface area contributed by atoms with E-state index in [1.165, 1.54) is 11.3 Å². The zero-order valence-corrected chi connectivity index (χ0v) is 24.0. The maximum Gasteiger partial charge on any atom is 0.411 e. The van der Waals surface area contributed by atoms with Crippen LogP contribution in [0.5, 0.6) is 17.4 Å². The number of methoxy groups -OCH3 is 1.